The van der Waals surface area contributed by atoms with Crippen LogP contribution < -0.4 is 15.8 Å². The average molecular weight is 336 g/mol. The predicted molar refractivity (Wildman–Crippen MR) is 100 cm³/mol. The fourth-order valence-electron chi connectivity index (χ4n) is 3.38. The highest BCUT2D eigenvalue weighted by molar-refractivity contribution is 5.67. The van der Waals surface area contributed by atoms with Gasteiger partial charge < -0.3 is 15.8 Å². The zero-order chi connectivity index (χ0) is 17.6. The number of anilines is 3. The van der Waals surface area contributed by atoms with Gasteiger partial charge in [-0.2, -0.15) is 10.2 Å². The number of nitrogens with one attached hydrogen (secondary N) is 1. The molecule has 0 aliphatic heterocycles. The number of benzene rings is 1. The van der Waals surface area contributed by atoms with Crippen LogP contribution in [0.4, 0.5) is 17.2 Å². The van der Waals surface area contributed by atoms with Gasteiger partial charge >= 0.3 is 0 Å². The first-order valence-electron chi connectivity index (χ1n) is 8.91. The molecule has 1 saturated carbocycles. The fraction of sp³-hybridized carbons (Fsp3) is 0.400. The van der Waals surface area contributed by atoms with E-state index in [4.69, 9.17) is 10.5 Å². The summed E-state index contributed by atoms with van der Waals surface area (Å²) in [7, 11) is 0. The van der Waals surface area contributed by atoms with Crippen LogP contribution >= 0.6 is 0 Å². The summed E-state index contributed by atoms with van der Waals surface area (Å²) in [5, 5.41) is 12.4. The monoisotopic (exact) mass is 336 g/mol. The molecule has 25 heavy (non-hydrogen) atoms. The second-order valence-electron chi connectivity index (χ2n) is 6.40. The van der Waals surface area contributed by atoms with Gasteiger partial charge in [0.05, 0.1) is 12.3 Å². The molecule has 5 nitrogen and oxygen atoms in total. The topological polar surface area (TPSA) is 84.0 Å². The third-order valence-electron chi connectivity index (χ3n) is 4.67. The summed E-state index contributed by atoms with van der Waals surface area (Å²) in [6.07, 6.45) is 6.61. The largest absolute Gasteiger partial charge is 0.477 e. The summed E-state index contributed by atoms with van der Waals surface area (Å²) >= 11 is 0. The van der Waals surface area contributed by atoms with E-state index in [1.54, 1.807) is 6.07 Å². The maximum absolute atomic E-state index is 9.19. The van der Waals surface area contributed by atoms with Crippen molar-refractivity contribution in [3.63, 3.8) is 0 Å². The Bertz CT molecular complexity index is 759. The van der Waals surface area contributed by atoms with Crippen LogP contribution in [0.3, 0.4) is 0 Å². The highest BCUT2D eigenvalue weighted by Crippen LogP contribution is 2.33. The second kappa shape index (κ2) is 7.89. The van der Waals surface area contributed by atoms with Crippen molar-refractivity contribution in [3.05, 3.63) is 41.5 Å². The van der Waals surface area contributed by atoms with E-state index >= 15 is 0 Å². The zero-order valence-corrected chi connectivity index (χ0v) is 14.6. The number of hydrogen-bond donors (Lipinski definition) is 2. The second-order valence-corrected chi connectivity index (χ2v) is 6.40. The van der Waals surface area contributed by atoms with Crippen LogP contribution in [0.5, 0.6) is 5.88 Å². The number of nitrogens with zero attached hydrogens (tertiary/aromatic N) is 2. The van der Waals surface area contributed by atoms with Crippen molar-refractivity contribution < 1.29 is 4.74 Å². The van der Waals surface area contributed by atoms with E-state index in [0.717, 1.165) is 5.69 Å². The first-order valence-corrected chi connectivity index (χ1v) is 8.91. The minimum Gasteiger partial charge on any atom is -0.477 e. The predicted octanol–water partition coefficient (Wildman–Crippen LogP) is 4.73. The van der Waals surface area contributed by atoms with Gasteiger partial charge in [-0.3, -0.25) is 0 Å². The first-order chi connectivity index (χ1) is 12.2. The lowest BCUT2D eigenvalue weighted by Crippen LogP contribution is -2.05. The standard InChI is InChI=1S/C20H24N4O/c1-2-25-20-17(13-21)18(22)12-19(24-20)23-16-10-8-15(9-11-16)14-6-4-3-5-7-14/h8-12,14H,2-7H2,1H3,(H3,22,23,24). The number of ether oxygens (including phenoxy) is 1. The normalized spacial score (nSPS) is 14.7. The van der Waals surface area contributed by atoms with E-state index in [1.165, 1.54) is 37.7 Å². The van der Waals surface area contributed by atoms with E-state index in [-0.39, 0.29) is 11.4 Å². The van der Waals surface area contributed by atoms with Crippen LogP contribution in [-0.2, 0) is 0 Å². The highest BCUT2D eigenvalue weighted by Gasteiger charge is 2.15. The van der Waals surface area contributed by atoms with Gasteiger partial charge in [-0.15, -0.1) is 0 Å². The third kappa shape index (κ3) is 4.03. The summed E-state index contributed by atoms with van der Waals surface area (Å²) in [6.45, 7) is 2.28. The molecule has 0 spiro atoms. The number of rotatable bonds is 5. The summed E-state index contributed by atoms with van der Waals surface area (Å²) in [6, 6.07) is 12.2. The van der Waals surface area contributed by atoms with Crippen LogP contribution in [0.2, 0.25) is 0 Å². The van der Waals surface area contributed by atoms with Crippen LogP contribution in [0.1, 0.15) is 56.1 Å². The number of nitrogens with two attached hydrogens (primary N) is 1. The molecule has 0 atom stereocenters. The molecule has 0 amide bonds. The Morgan fingerprint density at radius 3 is 2.60 bits per heavy atom. The Labute approximate surface area is 148 Å². The smallest absolute Gasteiger partial charge is 0.235 e. The fourth-order valence-corrected chi connectivity index (χ4v) is 3.38. The summed E-state index contributed by atoms with van der Waals surface area (Å²) in [5.41, 5.74) is 8.95. The Kier molecular flexibility index (Phi) is 5.39. The molecule has 3 rings (SSSR count). The van der Waals surface area contributed by atoms with Crippen LogP contribution in [-0.4, -0.2) is 11.6 Å². The lowest BCUT2D eigenvalue weighted by molar-refractivity contribution is 0.326. The third-order valence-corrected chi connectivity index (χ3v) is 4.67. The number of nitrogen functional groups attached to an aromatic ring is 1. The van der Waals surface area contributed by atoms with Gasteiger partial charge in [-0.1, -0.05) is 31.4 Å². The molecule has 5 heteroatoms. The lowest BCUT2D eigenvalue weighted by Gasteiger charge is -2.22. The van der Waals surface area contributed by atoms with Gasteiger partial charge in [0.25, 0.3) is 0 Å². The van der Waals surface area contributed by atoms with Gasteiger partial charge in [0, 0.05) is 11.8 Å². The molecule has 0 saturated heterocycles. The van der Waals surface area contributed by atoms with Gasteiger partial charge in [0.2, 0.25) is 5.88 Å². The number of aromatic nitrogens is 1. The highest BCUT2D eigenvalue weighted by atomic mass is 16.5. The van der Waals surface area contributed by atoms with Crippen molar-refractivity contribution in [1.29, 1.82) is 5.26 Å². The van der Waals surface area contributed by atoms with E-state index in [2.05, 4.69) is 34.6 Å². The van der Waals surface area contributed by atoms with Gasteiger partial charge in [0.1, 0.15) is 17.5 Å². The van der Waals surface area contributed by atoms with Crippen LogP contribution in [0.25, 0.3) is 0 Å². The van der Waals surface area contributed by atoms with Gasteiger partial charge in [0.15, 0.2) is 0 Å². The molecule has 130 valence electrons. The Morgan fingerprint density at radius 2 is 1.96 bits per heavy atom. The van der Waals surface area contributed by atoms with Gasteiger partial charge in [-0.25, -0.2) is 0 Å². The molecule has 1 heterocycles. The van der Waals surface area contributed by atoms with Crippen molar-refractivity contribution in [2.45, 2.75) is 44.9 Å². The molecule has 0 bridgehead atoms. The number of nitriles is 1. The van der Waals surface area contributed by atoms with E-state index in [0.29, 0.717) is 24.0 Å². The van der Waals surface area contributed by atoms with Crippen molar-refractivity contribution in [2.75, 3.05) is 17.7 Å². The van der Waals surface area contributed by atoms with E-state index < -0.39 is 0 Å². The SMILES string of the molecule is CCOc1nc(Nc2ccc(C3CCCCC3)cc2)cc(N)c1C#N. The van der Waals surface area contributed by atoms with Crippen molar-refractivity contribution in [1.82, 2.24) is 4.98 Å². The Morgan fingerprint density at radius 1 is 1.24 bits per heavy atom. The molecule has 1 aliphatic carbocycles. The summed E-state index contributed by atoms with van der Waals surface area (Å²) in [4.78, 5) is 4.37. The Balaban J connectivity index is 1.76. The number of pyridine rings is 1. The summed E-state index contributed by atoms with van der Waals surface area (Å²) < 4.78 is 5.43. The molecule has 3 N–H and O–H groups in total. The van der Waals surface area contributed by atoms with Crippen molar-refractivity contribution in [3.8, 4) is 11.9 Å². The molecule has 1 aromatic carbocycles. The molecule has 1 aromatic heterocycles. The van der Waals surface area contributed by atoms with E-state index in [9.17, 15) is 5.26 Å². The Hall–Kier alpha value is -2.74. The van der Waals surface area contributed by atoms with Crippen molar-refractivity contribution >= 4 is 17.2 Å². The molecular weight excluding hydrogens is 312 g/mol. The van der Waals surface area contributed by atoms with E-state index in [1.807, 2.05) is 13.0 Å². The maximum Gasteiger partial charge on any atom is 0.235 e. The first kappa shape index (κ1) is 17.1. The van der Waals surface area contributed by atoms with Gasteiger partial charge in [-0.05, 0) is 43.4 Å². The molecule has 1 fully saturated rings. The minimum atomic E-state index is 0.270. The molecule has 0 radical (unpaired) electrons. The molecule has 0 unspecified atom stereocenters. The van der Waals surface area contributed by atoms with Crippen LogP contribution in [0, 0.1) is 11.3 Å². The molecule has 1 aliphatic rings. The quantitative estimate of drug-likeness (QED) is 0.825. The zero-order valence-electron chi connectivity index (χ0n) is 14.6. The average Bonchev–Trinajstić information content (AvgIpc) is 2.63. The molecular formula is C20H24N4O. The van der Waals surface area contributed by atoms with Crippen LogP contribution in [0.15, 0.2) is 30.3 Å². The number of hydrogen-bond acceptors (Lipinski definition) is 5. The maximum atomic E-state index is 9.19. The molecule has 2 aromatic rings. The lowest BCUT2D eigenvalue weighted by atomic mass is 9.84. The minimum absolute atomic E-state index is 0.270. The van der Waals surface area contributed by atoms with Crippen molar-refractivity contribution in [2.24, 2.45) is 0 Å². The summed E-state index contributed by atoms with van der Waals surface area (Å²) in [5.74, 6) is 1.53.